The number of anilines is 1. The zero-order valence-electron chi connectivity index (χ0n) is 11.0. The van der Waals surface area contributed by atoms with Gasteiger partial charge >= 0.3 is 0 Å². The van der Waals surface area contributed by atoms with Gasteiger partial charge in [-0.3, -0.25) is 0 Å². The molecule has 8 heteroatoms. The molecule has 0 fully saturated rings. The molecule has 108 valence electrons. The van der Waals surface area contributed by atoms with Crippen LogP contribution >= 0.6 is 23.1 Å². The smallest absolute Gasteiger partial charge is 0.208 e. The summed E-state index contributed by atoms with van der Waals surface area (Å²) >= 11 is 2.91. The summed E-state index contributed by atoms with van der Waals surface area (Å²) in [4.78, 5) is 1.87. The number of aromatic nitrogens is 2. The fraction of sp³-hybridized carbons (Fsp3) is 0.333. The van der Waals surface area contributed by atoms with Gasteiger partial charge in [-0.15, -0.1) is 10.2 Å². The highest BCUT2D eigenvalue weighted by atomic mass is 32.2. The van der Waals surface area contributed by atoms with Crippen LogP contribution in [0.5, 0.6) is 0 Å². The molecule has 4 nitrogen and oxygen atoms in total. The molecule has 20 heavy (non-hydrogen) atoms. The molecular formula is C12H14F2N4S2. The van der Waals surface area contributed by atoms with Gasteiger partial charge in [0.1, 0.15) is 0 Å². The Kier molecular flexibility index (Phi) is 4.90. The fourth-order valence-electron chi connectivity index (χ4n) is 1.44. The number of thioether (sulfide) groups is 1. The highest BCUT2D eigenvalue weighted by Crippen LogP contribution is 2.29. The lowest BCUT2D eigenvalue weighted by Crippen LogP contribution is -2.13. The van der Waals surface area contributed by atoms with Gasteiger partial charge in [-0.1, -0.05) is 29.2 Å². The maximum atomic E-state index is 13.1. The van der Waals surface area contributed by atoms with Crippen molar-refractivity contribution in [3.05, 3.63) is 35.4 Å². The quantitative estimate of drug-likeness (QED) is 0.860. The Morgan fingerprint density at radius 1 is 1.30 bits per heavy atom. The topological polar surface area (TPSA) is 55.0 Å². The second kappa shape index (κ2) is 6.47. The van der Waals surface area contributed by atoms with Gasteiger partial charge in [-0.2, -0.15) is 0 Å². The monoisotopic (exact) mass is 316 g/mol. The van der Waals surface area contributed by atoms with Gasteiger partial charge in [0, 0.05) is 25.9 Å². The summed E-state index contributed by atoms with van der Waals surface area (Å²) in [6, 6.07) is 3.33. The average Bonchev–Trinajstić information content (AvgIpc) is 2.88. The fourth-order valence-corrected chi connectivity index (χ4v) is 3.22. The Labute approximate surface area is 124 Å². The van der Waals surface area contributed by atoms with Crippen LogP contribution in [0.4, 0.5) is 13.9 Å². The van der Waals surface area contributed by atoms with E-state index in [4.69, 9.17) is 5.73 Å². The van der Waals surface area contributed by atoms with Crippen LogP contribution in [0.3, 0.4) is 0 Å². The van der Waals surface area contributed by atoms with Crippen molar-refractivity contribution in [2.45, 2.75) is 10.4 Å². The van der Waals surface area contributed by atoms with E-state index in [-0.39, 0.29) is 6.04 Å². The minimum Gasteiger partial charge on any atom is -0.353 e. The third-order valence-corrected chi connectivity index (χ3v) is 4.88. The summed E-state index contributed by atoms with van der Waals surface area (Å²) in [7, 11) is 3.78. The summed E-state index contributed by atoms with van der Waals surface area (Å²) in [6.07, 6.45) is 0. The van der Waals surface area contributed by atoms with Gasteiger partial charge in [0.25, 0.3) is 0 Å². The molecule has 0 aliphatic heterocycles. The second-order valence-electron chi connectivity index (χ2n) is 4.34. The first-order chi connectivity index (χ1) is 9.47. The third-order valence-electron chi connectivity index (χ3n) is 2.54. The predicted molar refractivity (Wildman–Crippen MR) is 78.2 cm³/mol. The van der Waals surface area contributed by atoms with E-state index in [1.807, 2.05) is 19.0 Å². The summed E-state index contributed by atoms with van der Waals surface area (Å²) in [6.45, 7) is 0. The molecule has 1 aromatic heterocycles. The first kappa shape index (κ1) is 15.1. The van der Waals surface area contributed by atoms with Crippen LogP contribution < -0.4 is 10.6 Å². The number of benzene rings is 1. The number of rotatable bonds is 5. The van der Waals surface area contributed by atoms with Gasteiger partial charge in [0.2, 0.25) is 5.13 Å². The van der Waals surface area contributed by atoms with Crippen LogP contribution in [-0.2, 0) is 0 Å². The molecule has 0 radical (unpaired) electrons. The van der Waals surface area contributed by atoms with Crippen LogP contribution in [-0.4, -0.2) is 30.0 Å². The van der Waals surface area contributed by atoms with Crippen LogP contribution in [0.2, 0.25) is 0 Å². The zero-order chi connectivity index (χ0) is 14.7. The van der Waals surface area contributed by atoms with Crippen molar-refractivity contribution in [2.75, 3.05) is 24.7 Å². The van der Waals surface area contributed by atoms with Crippen molar-refractivity contribution in [3.63, 3.8) is 0 Å². The Morgan fingerprint density at radius 2 is 2.05 bits per heavy atom. The van der Waals surface area contributed by atoms with Crippen molar-refractivity contribution >= 4 is 28.2 Å². The molecule has 2 N–H and O–H groups in total. The standard InChI is InChI=1S/C12H14F2N4S2/c1-18(2)11-16-17-12(20-11)19-6-10(15)7-3-4-8(13)9(14)5-7/h3-5,10H,6,15H2,1-2H3. The summed E-state index contributed by atoms with van der Waals surface area (Å²) in [5, 5.41) is 8.86. The molecule has 0 aliphatic carbocycles. The molecule has 0 amide bonds. The Hall–Kier alpha value is -1.25. The van der Waals surface area contributed by atoms with Gasteiger partial charge in [-0.25, -0.2) is 8.78 Å². The lowest BCUT2D eigenvalue weighted by atomic mass is 10.1. The van der Waals surface area contributed by atoms with Gasteiger partial charge in [0.05, 0.1) is 0 Å². The van der Waals surface area contributed by atoms with Crippen molar-refractivity contribution in [1.82, 2.24) is 10.2 Å². The summed E-state index contributed by atoms with van der Waals surface area (Å²) in [5.74, 6) is -1.23. The molecule has 0 spiro atoms. The first-order valence-electron chi connectivity index (χ1n) is 5.81. The van der Waals surface area contributed by atoms with Crippen molar-refractivity contribution < 1.29 is 8.78 Å². The van der Waals surface area contributed by atoms with E-state index >= 15 is 0 Å². The van der Waals surface area contributed by atoms with E-state index in [0.29, 0.717) is 11.3 Å². The van der Waals surface area contributed by atoms with E-state index in [2.05, 4.69) is 10.2 Å². The average molecular weight is 316 g/mol. The Morgan fingerprint density at radius 3 is 2.65 bits per heavy atom. The molecule has 1 heterocycles. The molecule has 2 aromatic rings. The third kappa shape index (κ3) is 3.65. The van der Waals surface area contributed by atoms with E-state index in [1.165, 1.54) is 29.2 Å². The molecule has 1 unspecified atom stereocenters. The predicted octanol–water partition coefficient (Wildman–Crippen LogP) is 2.67. The van der Waals surface area contributed by atoms with E-state index < -0.39 is 11.6 Å². The van der Waals surface area contributed by atoms with Crippen molar-refractivity contribution in [1.29, 1.82) is 0 Å². The van der Waals surface area contributed by atoms with E-state index in [1.54, 1.807) is 0 Å². The molecule has 0 saturated heterocycles. The molecule has 0 bridgehead atoms. The van der Waals surface area contributed by atoms with Crippen molar-refractivity contribution in [3.8, 4) is 0 Å². The van der Waals surface area contributed by atoms with Crippen LogP contribution in [0.25, 0.3) is 0 Å². The van der Waals surface area contributed by atoms with Crippen LogP contribution in [0.15, 0.2) is 22.5 Å². The zero-order valence-corrected chi connectivity index (χ0v) is 12.6. The summed E-state index contributed by atoms with van der Waals surface area (Å²) < 4.78 is 26.8. The van der Waals surface area contributed by atoms with Crippen molar-refractivity contribution in [2.24, 2.45) is 5.73 Å². The minimum absolute atomic E-state index is 0.387. The number of nitrogens with zero attached hydrogens (tertiary/aromatic N) is 3. The normalized spacial score (nSPS) is 12.4. The molecule has 1 atom stereocenters. The first-order valence-corrected chi connectivity index (χ1v) is 7.61. The SMILES string of the molecule is CN(C)c1nnc(SCC(N)c2ccc(F)c(F)c2)s1. The van der Waals surface area contributed by atoms with Crippen LogP contribution in [0, 0.1) is 11.6 Å². The maximum Gasteiger partial charge on any atom is 0.208 e. The molecule has 0 saturated carbocycles. The number of nitrogens with two attached hydrogens (primary N) is 1. The highest BCUT2D eigenvalue weighted by molar-refractivity contribution is 8.01. The maximum absolute atomic E-state index is 13.1. The van der Waals surface area contributed by atoms with Gasteiger partial charge in [-0.05, 0) is 17.7 Å². The Balaban J connectivity index is 1.97. The largest absolute Gasteiger partial charge is 0.353 e. The number of hydrogen-bond donors (Lipinski definition) is 1. The second-order valence-corrected chi connectivity index (χ2v) is 6.56. The van der Waals surface area contributed by atoms with Gasteiger partial charge < -0.3 is 10.6 Å². The van der Waals surface area contributed by atoms with E-state index in [0.717, 1.165) is 21.6 Å². The summed E-state index contributed by atoms with van der Waals surface area (Å²) in [5.41, 5.74) is 6.53. The van der Waals surface area contributed by atoms with Crippen LogP contribution in [0.1, 0.15) is 11.6 Å². The molecule has 0 aliphatic rings. The molecular weight excluding hydrogens is 302 g/mol. The van der Waals surface area contributed by atoms with E-state index in [9.17, 15) is 8.78 Å². The Bertz CT molecular complexity index is 589. The molecule has 1 aromatic carbocycles. The highest BCUT2D eigenvalue weighted by Gasteiger charge is 2.12. The lowest BCUT2D eigenvalue weighted by molar-refractivity contribution is 0.506. The molecule has 2 rings (SSSR count). The van der Waals surface area contributed by atoms with Gasteiger partial charge in [0.15, 0.2) is 16.0 Å². The number of hydrogen-bond acceptors (Lipinski definition) is 6. The number of halogens is 2. The lowest BCUT2D eigenvalue weighted by Gasteiger charge is -2.10. The minimum atomic E-state index is -0.881.